The molecule has 9 heteroatoms. The molecule has 4 rings (SSSR count). The first-order chi connectivity index (χ1) is 15.4. The van der Waals surface area contributed by atoms with Gasteiger partial charge in [0.05, 0.1) is 11.3 Å². The van der Waals surface area contributed by atoms with E-state index in [0.717, 1.165) is 5.56 Å². The van der Waals surface area contributed by atoms with Crippen molar-refractivity contribution in [2.45, 2.75) is 12.8 Å². The fourth-order valence-electron chi connectivity index (χ4n) is 3.63. The summed E-state index contributed by atoms with van der Waals surface area (Å²) in [6.07, 6.45) is 1.08. The zero-order valence-corrected chi connectivity index (χ0v) is 18.7. The third-order valence-electron chi connectivity index (χ3n) is 5.40. The fraction of sp³-hybridized carbons (Fsp3) is 0.217. The van der Waals surface area contributed by atoms with Gasteiger partial charge in [0.1, 0.15) is 10.7 Å². The average Bonchev–Trinajstić information content (AvgIpc) is 3.30. The Kier molecular flexibility index (Phi) is 6.53. The summed E-state index contributed by atoms with van der Waals surface area (Å²) < 4.78 is 0. The summed E-state index contributed by atoms with van der Waals surface area (Å²) >= 11 is 7.39. The molecule has 32 heavy (non-hydrogen) atoms. The Labute approximate surface area is 194 Å². The highest BCUT2D eigenvalue weighted by atomic mass is 35.5. The topological polar surface area (TPSA) is 105 Å². The molecule has 0 aliphatic carbocycles. The molecule has 0 saturated carbocycles. The number of piperidine rings is 1. The lowest BCUT2D eigenvalue weighted by Gasteiger charge is -2.31. The molecule has 164 valence electrons. The minimum absolute atomic E-state index is 0.193. The predicted molar refractivity (Wildman–Crippen MR) is 125 cm³/mol. The van der Waals surface area contributed by atoms with Gasteiger partial charge in [0.25, 0.3) is 11.8 Å². The largest absolute Gasteiger partial charge is 0.369 e. The van der Waals surface area contributed by atoms with Crippen molar-refractivity contribution in [1.29, 1.82) is 0 Å². The third-order valence-corrected chi connectivity index (χ3v) is 6.53. The van der Waals surface area contributed by atoms with Crippen LogP contribution in [0.15, 0.2) is 53.9 Å². The van der Waals surface area contributed by atoms with Gasteiger partial charge < -0.3 is 16.0 Å². The first-order valence-corrected chi connectivity index (χ1v) is 11.4. The summed E-state index contributed by atoms with van der Waals surface area (Å²) in [6, 6.07) is 14.1. The van der Waals surface area contributed by atoms with Crippen LogP contribution in [0.5, 0.6) is 0 Å². The number of hydrogen-bond donors (Lipinski definition) is 2. The summed E-state index contributed by atoms with van der Waals surface area (Å²) in [5.41, 5.74) is 7.27. The molecule has 7 nitrogen and oxygen atoms in total. The SMILES string of the molecule is NC(=O)C1CCN(C(=O)c2ccccc2NC(=O)c2csc(-c3cccc(Cl)c3)n2)CC1. The molecular formula is C23H21ClN4O3S. The van der Waals surface area contributed by atoms with Crippen LogP contribution in [0.4, 0.5) is 5.69 Å². The number of amides is 3. The Balaban J connectivity index is 1.48. The van der Waals surface area contributed by atoms with Crippen molar-refractivity contribution in [3.63, 3.8) is 0 Å². The number of carbonyl (C=O) groups excluding carboxylic acids is 3. The second-order valence-corrected chi connectivity index (χ2v) is 8.81. The van der Waals surface area contributed by atoms with E-state index in [-0.39, 0.29) is 23.4 Å². The number of hydrogen-bond acceptors (Lipinski definition) is 5. The van der Waals surface area contributed by atoms with Crippen molar-refractivity contribution >= 4 is 46.3 Å². The molecule has 0 atom stereocenters. The van der Waals surface area contributed by atoms with Gasteiger partial charge in [-0.3, -0.25) is 14.4 Å². The van der Waals surface area contributed by atoms with Gasteiger partial charge in [0.15, 0.2) is 0 Å². The number of nitrogens with two attached hydrogens (primary N) is 1. The van der Waals surface area contributed by atoms with Crippen LogP contribution in [0.25, 0.3) is 10.6 Å². The Hall–Kier alpha value is -3.23. The predicted octanol–water partition coefficient (Wildman–Crippen LogP) is 4.05. The highest BCUT2D eigenvalue weighted by molar-refractivity contribution is 7.13. The van der Waals surface area contributed by atoms with Crippen LogP contribution in [0.3, 0.4) is 0 Å². The van der Waals surface area contributed by atoms with E-state index in [2.05, 4.69) is 10.3 Å². The molecule has 1 saturated heterocycles. The Morgan fingerprint density at radius 2 is 1.84 bits per heavy atom. The van der Waals surface area contributed by atoms with Gasteiger partial charge in [-0.1, -0.05) is 35.9 Å². The zero-order chi connectivity index (χ0) is 22.7. The van der Waals surface area contributed by atoms with Gasteiger partial charge in [-0.2, -0.15) is 0 Å². The Morgan fingerprint density at radius 3 is 2.56 bits per heavy atom. The molecule has 0 unspecified atom stereocenters. The molecule has 1 fully saturated rings. The Morgan fingerprint density at radius 1 is 1.09 bits per heavy atom. The average molecular weight is 469 g/mol. The van der Waals surface area contributed by atoms with Crippen molar-refractivity contribution in [2.75, 3.05) is 18.4 Å². The van der Waals surface area contributed by atoms with E-state index in [1.807, 2.05) is 12.1 Å². The highest BCUT2D eigenvalue weighted by Crippen LogP contribution is 2.27. The molecule has 1 aliphatic heterocycles. The minimum Gasteiger partial charge on any atom is -0.369 e. The van der Waals surface area contributed by atoms with Gasteiger partial charge >= 0.3 is 0 Å². The summed E-state index contributed by atoms with van der Waals surface area (Å²) in [7, 11) is 0. The molecular weight excluding hydrogens is 448 g/mol. The summed E-state index contributed by atoms with van der Waals surface area (Å²) in [6.45, 7) is 0.896. The number of nitrogens with one attached hydrogen (secondary N) is 1. The minimum atomic E-state index is -0.401. The normalized spacial score (nSPS) is 14.2. The van der Waals surface area contributed by atoms with Crippen LogP contribution in [0, 0.1) is 5.92 Å². The van der Waals surface area contributed by atoms with Crippen LogP contribution in [-0.2, 0) is 4.79 Å². The number of benzene rings is 2. The number of para-hydroxylation sites is 1. The Bertz CT molecular complexity index is 1170. The number of thiazole rings is 1. The van der Waals surface area contributed by atoms with Crippen LogP contribution in [0.1, 0.15) is 33.7 Å². The molecule has 2 aromatic carbocycles. The molecule has 0 radical (unpaired) electrons. The number of aromatic nitrogens is 1. The van der Waals surface area contributed by atoms with E-state index in [9.17, 15) is 14.4 Å². The van der Waals surface area contributed by atoms with Crippen molar-refractivity contribution in [2.24, 2.45) is 11.7 Å². The van der Waals surface area contributed by atoms with Crippen LogP contribution in [0.2, 0.25) is 5.02 Å². The lowest BCUT2D eigenvalue weighted by Crippen LogP contribution is -2.42. The standard InChI is InChI=1S/C23H21ClN4O3S/c24-16-5-3-4-15(12-16)22-27-19(13-32-22)21(30)26-18-7-2-1-6-17(18)23(31)28-10-8-14(9-11-28)20(25)29/h1-7,12-14H,8-11H2,(H2,25,29)(H,26,30). The number of carbonyl (C=O) groups is 3. The molecule has 0 spiro atoms. The number of halogens is 1. The van der Waals surface area contributed by atoms with E-state index in [1.165, 1.54) is 11.3 Å². The smallest absolute Gasteiger partial charge is 0.275 e. The van der Waals surface area contributed by atoms with Crippen molar-refractivity contribution in [3.05, 3.63) is 70.2 Å². The van der Waals surface area contributed by atoms with Crippen molar-refractivity contribution in [3.8, 4) is 10.6 Å². The monoisotopic (exact) mass is 468 g/mol. The van der Waals surface area contributed by atoms with E-state index in [0.29, 0.717) is 47.2 Å². The van der Waals surface area contributed by atoms with E-state index in [1.54, 1.807) is 46.7 Å². The molecule has 1 aliphatic rings. The van der Waals surface area contributed by atoms with Gasteiger partial charge in [-0.15, -0.1) is 11.3 Å². The summed E-state index contributed by atoms with van der Waals surface area (Å²) in [4.78, 5) is 43.4. The van der Waals surface area contributed by atoms with E-state index >= 15 is 0 Å². The molecule has 3 aromatic rings. The maximum Gasteiger partial charge on any atom is 0.275 e. The molecule has 3 N–H and O–H groups in total. The van der Waals surface area contributed by atoms with Crippen LogP contribution >= 0.6 is 22.9 Å². The third kappa shape index (κ3) is 4.81. The van der Waals surface area contributed by atoms with Crippen LogP contribution in [-0.4, -0.2) is 40.7 Å². The number of anilines is 1. The van der Waals surface area contributed by atoms with Crippen molar-refractivity contribution < 1.29 is 14.4 Å². The van der Waals surface area contributed by atoms with Crippen LogP contribution < -0.4 is 11.1 Å². The van der Waals surface area contributed by atoms with E-state index in [4.69, 9.17) is 17.3 Å². The van der Waals surface area contributed by atoms with Gasteiger partial charge in [0, 0.05) is 35.0 Å². The van der Waals surface area contributed by atoms with E-state index < -0.39 is 5.91 Å². The number of likely N-dealkylation sites (tertiary alicyclic amines) is 1. The fourth-order valence-corrected chi connectivity index (χ4v) is 4.62. The molecule has 0 bridgehead atoms. The first-order valence-electron chi connectivity index (χ1n) is 10.1. The molecule has 2 heterocycles. The summed E-state index contributed by atoms with van der Waals surface area (Å²) in [5, 5.41) is 5.75. The lowest BCUT2D eigenvalue weighted by molar-refractivity contribution is -0.123. The second kappa shape index (κ2) is 9.50. The molecule has 3 amide bonds. The highest BCUT2D eigenvalue weighted by Gasteiger charge is 2.27. The zero-order valence-electron chi connectivity index (χ0n) is 17.1. The van der Waals surface area contributed by atoms with Gasteiger partial charge in [-0.05, 0) is 37.1 Å². The van der Waals surface area contributed by atoms with Gasteiger partial charge in [-0.25, -0.2) is 4.98 Å². The lowest BCUT2D eigenvalue weighted by atomic mass is 9.95. The second-order valence-electron chi connectivity index (χ2n) is 7.52. The molecule has 1 aromatic heterocycles. The van der Waals surface area contributed by atoms with Crippen molar-refractivity contribution in [1.82, 2.24) is 9.88 Å². The maximum absolute atomic E-state index is 13.1. The number of primary amides is 1. The number of nitrogens with zero attached hydrogens (tertiary/aromatic N) is 2. The number of rotatable bonds is 5. The summed E-state index contributed by atoms with van der Waals surface area (Å²) in [5.74, 6) is -1.12. The quantitative estimate of drug-likeness (QED) is 0.589. The maximum atomic E-state index is 13.1. The first kappa shape index (κ1) is 22.0. The van der Waals surface area contributed by atoms with Gasteiger partial charge in [0.2, 0.25) is 5.91 Å².